The molecule has 1 aromatic heterocycles. The average Bonchev–Trinajstić information content (AvgIpc) is 2.58. The Balaban J connectivity index is 2.39. The summed E-state index contributed by atoms with van der Waals surface area (Å²) >= 11 is 1.82. The first-order valence-electron chi connectivity index (χ1n) is 5.14. The summed E-state index contributed by atoms with van der Waals surface area (Å²) in [6.45, 7) is 8.15. The van der Waals surface area contributed by atoms with E-state index in [0.29, 0.717) is 0 Å². The minimum absolute atomic E-state index is 0.128. The zero-order valence-electron chi connectivity index (χ0n) is 9.95. The highest BCUT2D eigenvalue weighted by Gasteiger charge is 2.09. The Hall–Kier alpha value is -0.550. The highest BCUT2D eigenvalue weighted by Crippen LogP contribution is 2.02. The molecular weight excluding hydrogens is 208 g/mol. The van der Waals surface area contributed by atoms with Gasteiger partial charge in [-0.3, -0.25) is 4.68 Å². The molecule has 5 heteroatoms. The third-order valence-electron chi connectivity index (χ3n) is 1.91. The number of nitrogens with zero attached hydrogens (tertiary/aromatic N) is 3. The van der Waals surface area contributed by atoms with E-state index in [2.05, 4.69) is 42.7 Å². The number of hydrogen-bond donors (Lipinski definition) is 1. The van der Waals surface area contributed by atoms with Crippen molar-refractivity contribution in [2.24, 2.45) is 0 Å². The molecule has 0 bridgehead atoms. The maximum atomic E-state index is 4.11. The third-order valence-corrected chi connectivity index (χ3v) is 2.50. The van der Waals surface area contributed by atoms with Gasteiger partial charge in [-0.15, -0.1) is 5.10 Å². The lowest BCUT2D eigenvalue weighted by Crippen LogP contribution is -2.35. The van der Waals surface area contributed by atoms with Gasteiger partial charge in [0.25, 0.3) is 0 Å². The van der Waals surface area contributed by atoms with Gasteiger partial charge in [-0.25, -0.2) is 0 Å². The van der Waals surface area contributed by atoms with Gasteiger partial charge in [0.15, 0.2) is 0 Å². The molecule has 1 rings (SSSR count). The third kappa shape index (κ3) is 5.18. The van der Waals surface area contributed by atoms with Gasteiger partial charge in [0, 0.05) is 24.0 Å². The molecule has 4 nitrogen and oxygen atoms in total. The van der Waals surface area contributed by atoms with Gasteiger partial charge in [0.1, 0.15) is 0 Å². The van der Waals surface area contributed by atoms with Crippen LogP contribution in [0, 0.1) is 0 Å². The van der Waals surface area contributed by atoms with Crippen LogP contribution in [0.5, 0.6) is 0 Å². The van der Waals surface area contributed by atoms with Crippen LogP contribution in [-0.2, 0) is 13.1 Å². The van der Waals surface area contributed by atoms with Gasteiger partial charge in [-0.2, -0.15) is 11.8 Å². The molecule has 0 atom stereocenters. The maximum absolute atomic E-state index is 4.11. The van der Waals surface area contributed by atoms with Crippen molar-refractivity contribution in [3.63, 3.8) is 0 Å². The molecule has 0 saturated heterocycles. The fourth-order valence-electron chi connectivity index (χ4n) is 1.07. The van der Waals surface area contributed by atoms with Crippen LogP contribution in [0.15, 0.2) is 6.20 Å². The van der Waals surface area contributed by atoms with E-state index in [1.807, 2.05) is 22.6 Å². The van der Waals surface area contributed by atoms with E-state index in [4.69, 9.17) is 0 Å². The summed E-state index contributed by atoms with van der Waals surface area (Å²) in [6.07, 6.45) is 4.11. The molecule has 15 heavy (non-hydrogen) atoms. The van der Waals surface area contributed by atoms with E-state index in [1.165, 1.54) is 0 Å². The first kappa shape index (κ1) is 12.5. The maximum Gasteiger partial charge on any atom is 0.0965 e. The van der Waals surface area contributed by atoms with Crippen LogP contribution in [0.1, 0.15) is 26.5 Å². The van der Waals surface area contributed by atoms with Crippen LogP contribution in [-0.4, -0.2) is 32.5 Å². The summed E-state index contributed by atoms with van der Waals surface area (Å²) in [5, 5.41) is 11.6. The first-order chi connectivity index (χ1) is 7.01. The molecule has 1 heterocycles. The minimum Gasteiger partial charge on any atom is -0.306 e. The Labute approximate surface area is 95.8 Å². The van der Waals surface area contributed by atoms with E-state index in [9.17, 15) is 0 Å². The Morgan fingerprint density at radius 3 is 2.80 bits per heavy atom. The van der Waals surface area contributed by atoms with Crippen molar-refractivity contribution in [1.29, 1.82) is 0 Å². The molecule has 0 saturated carbocycles. The predicted molar refractivity (Wildman–Crippen MR) is 65.0 cm³/mol. The van der Waals surface area contributed by atoms with Gasteiger partial charge < -0.3 is 5.32 Å². The lowest BCUT2D eigenvalue weighted by atomic mass is 10.1. The molecule has 86 valence electrons. The van der Waals surface area contributed by atoms with Crippen molar-refractivity contribution >= 4 is 11.8 Å². The SMILES string of the molecule is CSCCn1cc(CNC(C)(C)C)nn1. The summed E-state index contributed by atoms with van der Waals surface area (Å²) in [6, 6.07) is 0. The minimum atomic E-state index is 0.128. The largest absolute Gasteiger partial charge is 0.306 e. The second-order valence-electron chi connectivity index (χ2n) is 4.57. The molecule has 0 aliphatic carbocycles. The highest BCUT2D eigenvalue weighted by atomic mass is 32.2. The predicted octanol–water partition coefficient (Wildman–Crippen LogP) is 1.53. The molecule has 0 aromatic carbocycles. The molecule has 0 aliphatic rings. The van der Waals surface area contributed by atoms with Gasteiger partial charge >= 0.3 is 0 Å². The van der Waals surface area contributed by atoms with Gasteiger partial charge in [-0.1, -0.05) is 5.21 Å². The van der Waals surface area contributed by atoms with E-state index in [1.54, 1.807) is 0 Å². The lowest BCUT2D eigenvalue weighted by Gasteiger charge is -2.19. The van der Waals surface area contributed by atoms with Crippen LogP contribution in [0.4, 0.5) is 0 Å². The molecule has 1 N–H and O–H groups in total. The molecule has 1 aromatic rings. The smallest absolute Gasteiger partial charge is 0.0965 e. The Morgan fingerprint density at radius 1 is 1.47 bits per heavy atom. The second kappa shape index (κ2) is 5.51. The summed E-state index contributed by atoms with van der Waals surface area (Å²) in [4.78, 5) is 0. The normalized spacial score (nSPS) is 12.0. The Morgan fingerprint density at radius 2 is 2.20 bits per heavy atom. The van der Waals surface area contributed by atoms with E-state index in [0.717, 1.165) is 24.5 Å². The molecule has 0 fully saturated rings. The van der Waals surface area contributed by atoms with Crippen molar-refractivity contribution < 1.29 is 0 Å². The molecule has 0 spiro atoms. The number of rotatable bonds is 5. The van der Waals surface area contributed by atoms with Crippen molar-refractivity contribution in [3.05, 3.63) is 11.9 Å². The van der Waals surface area contributed by atoms with Crippen molar-refractivity contribution in [2.45, 2.75) is 39.4 Å². The van der Waals surface area contributed by atoms with Gasteiger partial charge in [0.2, 0.25) is 0 Å². The zero-order chi connectivity index (χ0) is 11.3. The standard InChI is InChI=1S/C10H20N4S/c1-10(2,3)11-7-9-8-14(13-12-9)5-6-15-4/h8,11H,5-7H2,1-4H3. The highest BCUT2D eigenvalue weighted by molar-refractivity contribution is 7.98. The first-order valence-corrected chi connectivity index (χ1v) is 6.53. The molecule has 0 unspecified atom stereocenters. The fourth-order valence-corrected chi connectivity index (χ4v) is 1.44. The van der Waals surface area contributed by atoms with Crippen LogP contribution >= 0.6 is 11.8 Å². The quantitative estimate of drug-likeness (QED) is 0.830. The molecule has 0 radical (unpaired) electrons. The molecule has 0 aliphatic heterocycles. The molecule has 0 amide bonds. The number of hydrogen-bond acceptors (Lipinski definition) is 4. The van der Waals surface area contributed by atoms with Crippen LogP contribution in [0.2, 0.25) is 0 Å². The van der Waals surface area contributed by atoms with Crippen molar-refractivity contribution in [2.75, 3.05) is 12.0 Å². The Kier molecular flexibility index (Phi) is 4.60. The average molecular weight is 228 g/mol. The monoisotopic (exact) mass is 228 g/mol. The summed E-state index contributed by atoms with van der Waals surface area (Å²) in [7, 11) is 0. The van der Waals surface area contributed by atoms with Gasteiger partial charge in [-0.05, 0) is 27.0 Å². The number of aryl methyl sites for hydroxylation is 1. The zero-order valence-corrected chi connectivity index (χ0v) is 10.8. The second-order valence-corrected chi connectivity index (χ2v) is 5.55. The Bertz CT molecular complexity index is 290. The fraction of sp³-hybridized carbons (Fsp3) is 0.800. The molecular formula is C10H20N4S. The van der Waals surface area contributed by atoms with Crippen molar-refractivity contribution in [3.8, 4) is 0 Å². The number of aromatic nitrogens is 3. The van der Waals surface area contributed by atoms with Gasteiger partial charge in [0.05, 0.1) is 12.2 Å². The van der Waals surface area contributed by atoms with E-state index >= 15 is 0 Å². The number of nitrogens with one attached hydrogen (secondary N) is 1. The summed E-state index contributed by atoms with van der Waals surface area (Å²) < 4.78 is 1.90. The topological polar surface area (TPSA) is 42.7 Å². The van der Waals surface area contributed by atoms with Crippen LogP contribution in [0.25, 0.3) is 0 Å². The summed E-state index contributed by atoms with van der Waals surface area (Å²) in [5.74, 6) is 1.08. The number of thioether (sulfide) groups is 1. The van der Waals surface area contributed by atoms with Crippen molar-refractivity contribution in [1.82, 2.24) is 20.3 Å². The van der Waals surface area contributed by atoms with E-state index < -0.39 is 0 Å². The van der Waals surface area contributed by atoms with Crippen LogP contribution < -0.4 is 5.32 Å². The van der Waals surface area contributed by atoms with E-state index in [-0.39, 0.29) is 5.54 Å². The van der Waals surface area contributed by atoms with Crippen LogP contribution in [0.3, 0.4) is 0 Å². The summed E-state index contributed by atoms with van der Waals surface area (Å²) in [5.41, 5.74) is 1.13. The lowest BCUT2D eigenvalue weighted by molar-refractivity contribution is 0.421.